The summed E-state index contributed by atoms with van der Waals surface area (Å²) in [7, 11) is 0. The van der Waals surface area contributed by atoms with Gasteiger partial charge in [0.25, 0.3) is 0 Å². The molecule has 0 spiro atoms. The van der Waals surface area contributed by atoms with Gasteiger partial charge in [0.1, 0.15) is 6.61 Å². The van der Waals surface area contributed by atoms with Crippen molar-refractivity contribution in [1.82, 2.24) is 0 Å². The van der Waals surface area contributed by atoms with Crippen LogP contribution in [0.25, 0.3) is 0 Å². The van der Waals surface area contributed by atoms with Gasteiger partial charge in [-0.2, -0.15) is 0 Å². The van der Waals surface area contributed by atoms with Crippen LogP contribution in [0.15, 0.2) is 43.0 Å². The number of hydrogen-bond acceptors (Lipinski definition) is 4. The number of ether oxygens (including phenoxy) is 2. The van der Waals surface area contributed by atoms with Crippen LogP contribution in [-0.2, 0) is 19.1 Å². The van der Waals surface area contributed by atoms with Gasteiger partial charge in [-0.15, -0.1) is 0 Å². The highest BCUT2D eigenvalue weighted by atomic mass is 16.5. The Labute approximate surface area is 284 Å². The Hall–Kier alpha value is -2.10. The van der Waals surface area contributed by atoms with Crippen molar-refractivity contribution in [2.45, 2.75) is 149 Å². The zero-order valence-corrected chi connectivity index (χ0v) is 32.9. The Kier molecular flexibility index (Phi) is 14.0. The van der Waals surface area contributed by atoms with Gasteiger partial charge < -0.3 is 9.47 Å². The maximum Gasteiger partial charge on any atom is 0.312 e. The molecule has 1 aromatic carbocycles. The smallest absolute Gasteiger partial charge is 0.312 e. The van der Waals surface area contributed by atoms with Crippen LogP contribution >= 0.6 is 0 Å². The van der Waals surface area contributed by atoms with E-state index in [0.29, 0.717) is 25.4 Å². The minimum atomic E-state index is -0.784. The first-order chi connectivity index (χ1) is 20.7. The highest BCUT2D eigenvalue weighted by Gasteiger charge is 2.57. The largest absolute Gasteiger partial charge is 0.465 e. The van der Waals surface area contributed by atoms with Crippen molar-refractivity contribution in [2.75, 3.05) is 13.2 Å². The van der Waals surface area contributed by atoms with Crippen LogP contribution in [0.2, 0.25) is 0 Å². The molecule has 0 radical (unpaired) electrons. The molecule has 4 nitrogen and oxygen atoms in total. The van der Waals surface area contributed by atoms with Gasteiger partial charge in [0.2, 0.25) is 0 Å². The lowest BCUT2D eigenvalue weighted by molar-refractivity contribution is -0.171. The molecule has 0 aliphatic carbocycles. The number of esters is 2. The third-order valence-electron chi connectivity index (χ3n) is 12.2. The topological polar surface area (TPSA) is 52.6 Å². The van der Waals surface area contributed by atoms with Gasteiger partial charge in [-0.25, -0.2) is 0 Å². The number of carbonyl (C=O) groups excluding carboxylic acids is 2. The zero-order chi connectivity index (χ0) is 36.0. The van der Waals surface area contributed by atoms with Crippen molar-refractivity contribution in [1.29, 1.82) is 0 Å². The molecule has 0 aliphatic heterocycles. The van der Waals surface area contributed by atoms with Gasteiger partial charge in [-0.05, 0) is 76.6 Å². The molecule has 0 saturated carbocycles. The number of carbonyl (C=O) groups is 2. The molecule has 0 bridgehead atoms. The van der Waals surface area contributed by atoms with E-state index in [1.165, 1.54) is 5.56 Å². The molecule has 0 N–H and O–H groups in total. The van der Waals surface area contributed by atoms with E-state index in [2.05, 4.69) is 141 Å². The third-order valence-corrected chi connectivity index (χ3v) is 12.2. The maximum absolute atomic E-state index is 14.3. The number of rotatable bonds is 17. The molecule has 3 atom stereocenters. The second-order valence-electron chi connectivity index (χ2n) is 18.9. The first-order valence-corrected chi connectivity index (χ1v) is 17.7. The number of benzene rings is 1. The summed E-state index contributed by atoms with van der Waals surface area (Å²) in [4.78, 5) is 28.0. The van der Waals surface area contributed by atoms with Gasteiger partial charge >= 0.3 is 11.9 Å². The Morgan fingerprint density at radius 1 is 0.761 bits per heavy atom. The summed E-state index contributed by atoms with van der Waals surface area (Å²) in [6.07, 6.45) is 5.69. The third kappa shape index (κ3) is 9.96. The van der Waals surface area contributed by atoms with Gasteiger partial charge in [0.15, 0.2) is 0 Å². The van der Waals surface area contributed by atoms with Crippen molar-refractivity contribution in [2.24, 2.45) is 43.8 Å². The van der Waals surface area contributed by atoms with Crippen molar-refractivity contribution in [3.63, 3.8) is 0 Å². The fourth-order valence-electron chi connectivity index (χ4n) is 6.90. The zero-order valence-electron chi connectivity index (χ0n) is 32.9. The fourth-order valence-corrected chi connectivity index (χ4v) is 6.90. The van der Waals surface area contributed by atoms with E-state index in [-0.39, 0.29) is 46.1 Å². The molecule has 3 unspecified atom stereocenters. The molecule has 0 aliphatic rings. The lowest BCUT2D eigenvalue weighted by atomic mass is 9.49. The predicted octanol–water partition coefficient (Wildman–Crippen LogP) is 11.8. The Morgan fingerprint density at radius 3 is 1.76 bits per heavy atom. The Balaban J connectivity index is 3.76. The number of unbranched alkanes of at least 4 members (excludes halogenated alkanes) is 1. The number of hydrogen-bond donors (Lipinski definition) is 0. The first-order valence-electron chi connectivity index (χ1n) is 17.7. The Morgan fingerprint density at radius 2 is 1.30 bits per heavy atom. The van der Waals surface area contributed by atoms with Crippen LogP contribution in [0.3, 0.4) is 0 Å². The lowest BCUT2D eigenvalue weighted by Gasteiger charge is -2.55. The van der Waals surface area contributed by atoms with Gasteiger partial charge in [-0.3, -0.25) is 9.59 Å². The summed E-state index contributed by atoms with van der Waals surface area (Å²) in [6.45, 7) is 40.1. The van der Waals surface area contributed by atoms with E-state index in [9.17, 15) is 9.59 Å². The molecule has 0 amide bonds. The van der Waals surface area contributed by atoms with Crippen LogP contribution in [0.4, 0.5) is 0 Å². The van der Waals surface area contributed by atoms with E-state index in [0.717, 1.165) is 19.3 Å². The average molecular weight is 641 g/mol. The second kappa shape index (κ2) is 15.4. The maximum atomic E-state index is 14.3. The van der Waals surface area contributed by atoms with Crippen molar-refractivity contribution >= 4 is 11.9 Å². The monoisotopic (exact) mass is 641 g/mol. The van der Waals surface area contributed by atoms with Crippen molar-refractivity contribution in [3.8, 4) is 0 Å². The highest BCUT2D eigenvalue weighted by Crippen LogP contribution is 2.60. The van der Waals surface area contributed by atoms with Crippen LogP contribution < -0.4 is 0 Å². The van der Waals surface area contributed by atoms with Crippen molar-refractivity contribution < 1.29 is 19.1 Å². The minimum absolute atomic E-state index is 0.130. The van der Waals surface area contributed by atoms with E-state index in [4.69, 9.17) is 9.47 Å². The molecule has 1 rings (SSSR count). The van der Waals surface area contributed by atoms with Gasteiger partial charge in [-0.1, -0.05) is 153 Å². The average Bonchev–Trinajstić information content (AvgIpc) is 2.92. The predicted molar refractivity (Wildman–Crippen MR) is 196 cm³/mol. The summed E-state index contributed by atoms with van der Waals surface area (Å²) in [5.74, 6) is -0.442. The summed E-state index contributed by atoms with van der Waals surface area (Å²) < 4.78 is 11.8. The second-order valence-corrected chi connectivity index (χ2v) is 18.9. The van der Waals surface area contributed by atoms with Crippen molar-refractivity contribution in [3.05, 3.63) is 48.6 Å². The molecule has 1 aromatic rings. The van der Waals surface area contributed by atoms with Gasteiger partial charge in [0, 0.05) is 0 Å². The molecule has 264 valence electrons. The molecule has 0 fully saturated rings. The van der Waals surface area contributed by atoms with Crippen LogP contribution in [-0.4, -0.2) is 25.2 Å². The fraction of sp³-hybridized carbons (Fsp3) is 0.762. The summed E-state index contributed by atoms with van der Waals surface area (Å²) in [5.41, 5.74) is -1.01. The van der Waals surface area contributed by atoms with E-state index < -0.39 is 16.2 Å². The lowest BCUT2D eigenvalue weighted by Crippen LogP contribution is -2.52. The molecule has 0 saturated heterocycles. The molecule has 0 aromatic heterocycles. The molecule has 4 heteroatoms. The molecule has 46 heavy (non-hydrogen) atoms. The first kappa shape index (κ1) is 41.9. The van der Waals surface area contributed by atoms with Crippen LogP contribution in [0, 0.1) is 43.8 Å². The van der Waals surface area contributed by atoms with E-state index >= 15 is 0 Å². The van der Waals surface area contributed by atoms with E-state index in [1.807, 2.05) is 6.92 Å². The highest BCUT2D eigenvalue weighted by molar-refractivity contribution is 5.78. The standard InChI is InChI=1S/C42H72O4/c1-18-20-27-45-34(43)33(41(15,16)39(11,12)30-42(17,37(6,7)8)35(44)46-26-19-2)29-38(9,10)40(13,14)32(28-36(3,4)5)31-24-22-21-23-25-31/h19,21-25,32-33H,2,18,20,26-30H2,1,3-17H3. The van der Waals surface area contributed by atoms with Crippen LogP contribution in [0.5, 0.6) is 0 Å². The molecular weight excluding hydrogens is 568 g/mol. The van der Waals surface area contributed by atoms with Crippen LogP contribution in [0.1, 0.15) is 154 Å². The minimum Gasteiger partial charge on any atom is -0.465 e. The summed E-state index contributed by atoms with van der Waals surface area (Å²) in [5, 5.41) is 0. The quantitative estimate of drug-likeness (QED) is 0.0965. The Bertz CT molecular complexity index is 1130. The molecule has 0 heterocycles. The summed E-state index contributed by atoms with van der Waals surface area (Å²) >= 11 is 0. The summed E-state index contributed by atoms with van der Waals surface area (Å²) in [6, 6.07) is 10.9. The molecular formula is C42H72O4. The van der Waals surface area contributed by atoms with Gasteiger partial charge in [0.05, 0.1) is 17.9 Å². The normalized spacial score (nSPS) is 16.3. The SMILES string of the molecule is C=CCOC(=O)C(C)(CC(C)(C)C(C)(C)C(CC(C)(C)C(C)(C)C(CC(C)(C)C)c1ccccc1)C(=O)OCCCC)C(C)(C)C. The van der Waals surface area contributed by atoms with E-state index in [1.54, 1.807) is 6.08 Å².